The smallest absolute Gasteiger partial charge is 0.255 e. The maximum absolute atomic E-state index is 12.6. The van der Waals surface area contributed by atoms with Gasteiger partial charge in [0.15, 0.2) is 0 Å². The van der Waals surface area contributed by atoms with Crippen molar-refractivity contribution in [3.05, 3.63) is 59.8 Å². The molecule has 0 aliphatic carbocycles. The van der Waals surface area contributed by atoms with Crippen LogP contribution in [0.2, 0.25) is 0 Å². The number of amides is 1. The number of benzene rings is 1. The fourth-order valence-electron chi connectivity index (χ4n) is 3.93. The molecule has 27 heavy (non-hydrogen) atoms. The van der Waals surface area contributed by atoms with Crippen LogP contribution < -0.4 is 4.74 Å². The Morgan fingerprint density at radius 2 is 2.07 bits per heavy atom. The molecule has 2 aromatic rings. The average Bonchev–Trinajstić information content (AvgIpc) is 3.13. The van der Waals surface area contributed by atoms with Gasteiger partial charge >= 0.3 is 0 Å². The predicted octanol–water partition coefficient (Wildman–Crippen LogP) is 2.21. The number of aromatic nitrogens is 1. The van der Waals surface area contributed by atoms with Crippen LogP contribution in [0.3, 0.4) is 0 Å². The number of methoxy groups -OCH3 is 1. The second kappa shape index (κ2) is 7.29. The summed E-state index contributed by atoms with van der Waals surface area (Å²) in [6, 6.07) is 14.3. The van der Waals surface area contributed by atoms with Crippen LogP contribution in [0.1, 0.15) is 22.3 Å². The number of carbonyl (C=O) groups excluding carboxylic acids is 1. The molecule has 1 aromatic carbocycles. The molecule has 142 valence electrons. The van der Waals surface area contributed by atoms with Gasteiger partial charge in [-0.1, -0.05) is 30.3 Å². The van der Waals surface area contributed by atoms with E-state index in [1.54, 1.807) is 25.4 Å². The first-order chi connectivity index (χ1) is 13.1. The Kier molecular flexibility index (Phi) is 4.85. The number of hydrogen-bond acceptors (Lipinski definition) is 5. The molecular weight excluding hydrogens is 342 g/mol. The van der Waals surface area contributed by atoms with E-state index < -0.39 is 0 Å². The van der Waals surface area contributed by atoms with Crippen LogP contribution in [0.25, 0.3) is 0 Å². The summed E-state index contributed by atoms with van der Waals surface area (Å²) >= 11 is 0. The van der Waals surface area contributed by atoms with Crippen molar-refractivity contribution in [2.45, 2.75) is 24.6 Å². The molecule has 1 atom stereocenters. The van der Waals surface area contributed by atoms with Crippen LogP contribution in [0.5, 0.6) is 5.88 Å². The fraction of sp³-hybridized carbons (Fsp3) is 0.429. The van der Waals surface area contributed by atoms with Gasteiger partial charge in [-0.05, 0) is 25.1 Å². The van der Waals surface area contributed by atoms with Gasteiger partial charge in [0.25, 0.3) is 5.91 Å². The van der Waals surface area contributed by atoms with Crippen molar-refractivity contribution in [2.24, 2.45) is 0 Å². The summed E-state index contributed by atoms with van der Waals surface area (Å²) in [5.74, 6) is 0.510. The lowest BCUT2D eigenvalue weighted by atomic mass is 9.88. The highest BCUT2D eigenvalue weighted by molar-refractivity contribution is 5.94. The summed E-state index contributed by atoms with van der Waals surface area (Å²) in [5, 5.41) is 0. The zero-order valence-corrected chi connectivity index (χ0v) is 15.8. The molecule has 1 aromatic heterocycles. The maximum atomic E-state index is 12.6. The number of pyridine rings is 1. The van der Waals surface area contributed by atoms with Crippen LogP contribution in [-0.2, 0) is 11.3 Å². The van der Waals surface area contributed by atoms with Crippen molar-refractivity contribution in [1.29, 1.82) is 0 Å². The van der Waals surface area contributed by atoms with E-state index in [1.807, 2.05) is 11.0 Å². The number of rotatable bonds is 5. The van der Waals surface area contributed by atoms with Gasteiger partial charge in [0.05, 0.1) is 32.4 Å². The third kappa shape index (κ3) is 3.68. The molecule has 0 saturated carbocycles. The minimum Gasteiger partial charge on any atom is -0.481 e. The van der Waals surface area contributed by atoms with E-state index in [2.05, 4.69) is 41.2 Å². The molecular formula is C21H25N3O3. The fourth-order valence-corrected chi connectivity index (χ4v) is 3.93. The van der Waals surface area contributed by atoms with Gasteiger partial charge in [-0.15, -0.1) is 0 Å². The van der Waals surface area contributed by atoms with Gasteiger partial charge < -0.3 is 14.4 Å². The van der Waals surface area contributed by atoms with E-state index in [4.69, 9.17) is 9.47 Å². The van der Waals surface area contributed by atoms with Gasteiger partial charge in [-0.3, -0.25) is 9.69 Å². The maximum Gasteiger partial charge on any atom is 0.255 e. The lowest BCUT2D eigenvalue weighted by Crippen LogP contribution is -2.63. The zero-order chi connectivity index (χ0) is 18.9. The minimum absolute atomic E-state index is 0.000434. The highest BCUT2D eigenvalue weighted by Crippen LogP contribution is 2.37. The Hall–Kier alpha value is -2.44. The monoisotopic (exact) mass is 367 g/mol. The van der Waals surface area contributed by atoms with Crippen molar-refractivity contribution >= 4 is 5.91 Å². The van der Waals surface area contributed by atoms with Gasteiger partial charge in [-0.25, -0.2) is 4.98 Å². The average molecular weight is 367 g/mol. The Balaban J connectivity index is 1.31. The van der Waals surface area contributed by atoms with E-state index in [0.29, 0.717) is 30.6 Å². The number of likely N-dealkylation sites (N-methyl/N-ethyl adjacent to an activating group) is 1. The molecule has 0 radical (unpaired) electrons. The summed E-state index contributed by atoms with van der Waals surface area (Å²) in [6.07, 6.45) is 2.53. The molecule has 3 heterocycles. The highest BCUT2D eigenvalue weighted by Gasteiger charge is 2.52. The number of nitrogens with zero attached hydrogens (tertiary/aromatic N) is 3. The minimum atomic E-state index is -0.189. The summed E-state index contributed by atoms with van der Waals surface area (Å²) in [6.45, 7) is 2.92. The Bertz CT molecular complexity index is 788. The Labute approximate surface area is 159 Å². The highest BCUT2D eigenvalue weighted by atomic mass is 16.5. The first-order valence-corrected chi connectivity index (χ1v) is 9.26. The largest absolute Gasteiger partial charge is 0.481 e. The first-order valence-electron chi connectivity index (χ1n) is 9.26. The van der Waals surface area contributed by atoms with Crippen LogP contribution in [-0.4, -0.2) is 66.2 Å². The topological polar surface area (TPSA) is 54.9 Å². The van der Waals surface area contributed by atoms with Crippen molar-refractivity contribution < 1.29 is 14.3 Å². The summed E-state index contributed by atoms with van der Waals surface area (Å²) in [4.78, 5) is 20.9. The lowest BCUT2D eigenvalue weighted by molar-refractivity contribution is -0.0950. The molecule has 0 N–H and O–H groups in total. The number of likely N-dealkylation sites (tertiary alicyclic amines) is 1. The standard InChI is InChI=1S/C21H25N3O3/c1-23(12-16-6-4-3-5-7-16)18-10-21(27-13-18)14-24(15-21)20(25)17-8-9-19(26-2)22-11-17/h3-9,11,18H,10,12-15H2,1-2H3. The molecule has 2 fully saturated rings. The number of ether oxygens (including phenoxy) is 2. The van der Waals surface area contributed by atoms with Crippen molar-refractivity contribution in [3.63, 3.8) is 0 Å². The van der Waals surface area contributed by atoms with E-state index in [1.165, 1.54) is 5.56 Å². The number of carbonyl (C=O) groups is 1. The summed E-state index contributed by atoms with van der Waals surface area (Å²) in [7, 11) is 3.70. The first kappa shape index (κ1) is 17.9. The lowest BCUT2D eigenvalue weighted by Gasteiger charge is -2.47. The predicted molar refractivity (Wildman–Crippen MR) is 102 cm³/mol. The van der Waals surface area contributed by atoms with Gasteiger partial charge in [0.1, 0.15) is 5.60 Å². The molecule has 1 amide bonds. The van der Waals surface area contributed by atoms with E-state index in [0.717, 1.165) is 19.6 Å². The summed E-state index contributed by atoms with van der Waals surface area (Å²) < 4.78 is 11.2. The third-order valence-electron chi connectivity index (χ3n) is 5.53. The molecule has 2 aliphatic rings. The molecule has 6 heteroatoms. The Morgan fingerprint density at radius 3 is 2.74 bits per heavy atom. The van der Waals surface area contributed by atoms with Crippen molar-refractivity contribution in [2.75, 3.05) is 33.9 Å². The summed E-state index contributed by atoms with van der Waals surface area (Å²) in [5.41, 5.74) is 1.70. The van der Waals surface area contributed by atoms with Gasteiger partial charge in [0.2, 0.25) is 5.88 Å². The molecule has 0 bridgehead atoms. The van der Waals surface area contributed by atoms with Crippen molar-refractivity contribution in [1.82, 2.24) is 14.8 Å². The molecule has 2 aliphatic heterocycles. The zero-order valence-electron chi connectivity index (χ0n) is 15.8. The molecule has 2 saturated heterocycles. The second-order valence-corrected chi connectivity index (χ2v) is 7.50. The second-order valence-electron chi connectivity index (χ2n) is 7.50. The van der Waals surface area contributed by atoms with Crippen LogP contribution in [0.4, 0.5) is 0 Å². The van der Waals surface area contributed by atoms with Gasteiger partial charge in [-0.2, -0.15) is 0 Å². The van der Waals surface area contributed by atoms with Crippen LogP contribution in [0, 0.1) is 0 Å². The normalized spacial score (nSPS) is 20.7. The Morgan fingerprint density at radius 1 is 1.30 bits per heavy atom. The third-order valence-corrected chi connectivity index (χ3v) is 5.53. The van der Waals surface area contributed by atoms with Crippen LogP contribution >= 0.6 is 0 Å². The number of hydrogen-bond donors (Lipinski definition) is 0. The van der Waals surface area contributed by atoms with Crippen molar-refractivity contribution in [3.8, 4) is 5.88 Å². The molecule has 4 rings (SSSR count). The van der Waals surface area contributed by atoms with E-state index in [9.17, 15) is 4.79 Å². The quantitative estimate of drug-likeness (QED) is 0.811. The van der Waals surface area contributed by atoms with E-state index in [-0.39, 0.29) is 11.5 Å². The van der Waals surface area contributed by atoms with Crippen LogP contribution in [0.15, 0.2) is 48.7 Å². The molecule has 1 spiro atoms. The molecule has 6 nitrogen and oxygen atoms in total. The SMILES string of the molecule is COc1ccc(C(=O)N2CC3(CC(N(C)Cc4ccccc4)CO3)C2)cn1. The van der Waals surface area contributed by atoms with E-state index >= 15 is 0 Å². The molecule has 1 unspecified atom stereocenters. The van der Waals surface area contributed by atoms with Gasteiger partial charge in [0, 0.05) is 24.8 Å².